The molecule has 0 saturated heterocycles. The van der Waals surface area contributed by atoms with E-state index in [9.17, 15) is 4.79 Å². The molecule has 2 aromatic carbocycles. The van der Waals surface area contributed by atoms with Crippen LogP contribution in [0.15, 0.2) is 36.4 Å². The standard InChI is InChI=1S/C27H34O4/c1-8-30-25(28)31-20-11-9-19(10-12-20)15-18(2)21-16-22-23(17-24(21)29-7)27(5,6)14-13-26(22,3)4/h9-12,15-17H,8,13-14H2,1-7H3/b18-15+. The van der Waals surface area contributed by atoms with Crippen molar-refractivity contribution in [3.8, 4) is 11.5 Å². The minimum atomic E-state index is -0.689. The van der Waals surface area contributed by atoms with Gasteiger partial charge in [-0.15, -0.1) is 0 Å². The van der Waals surface area contributed by atoms with E-state index in [1.807, 2.05) is 12.1 Å². The highest BCUT2D eigenvalue weighted by Crippen LogP contribution is 2.48. The molecular formula is C27H34O4. The third-order valence-electron chi connectivity index (χ3n) is 6.32. The summed E-state index contributed by atoms with van der Waals surface area (Å²) >= 11 is 0. The van der Waals surface area contributed by atoms with Crippen LogP contribution in [-0.4, -0.2) is 19.9 Å². The quantitative estimate of drug-likeness (QED) is 0.292. The van der Waals surface area contributed by atoms with Gasteiger partial charge < -0.3 is 14.2 Å². The number of benzene rings is 2. The summed E-state index contributed by atoms with van der Waals surface area (Å²) in [5.41, 5.74) is 6.33. The molecule has 0 aliphatic heterocycles. The predicted octanol–water partition coefficient (Wildman–Crippen LogP) is 7.14. The van der Waals surface area contributed by atoms with E-state index in [0.29, 0.717) is 5.75 Å². The predicted molar refractivity (Wildman–Crippen MR) is 126 cm³/mol. The van der Waals surface area contributed by atoms with Gasteiger partial charge >= 0.3 is 6.16 Å². The zero-order chi connectivity index (χ0) is 22.8. The van der Waals surface area contributed by atoms with E-state index in [1.54, 1.807) is 26.2 Å². The number of methoxy groups -OCH3 is 1. The van der Waals surface area contributed by atoms with E-state index in [-0.39, 0.29) is 17.4 Å². The Hall–Kier alpha value is -2.75. The maximum atomic E-state index is 11.5. The average Bonchev–Trinajstić information content (AvgIpc) is 2.72. The van der Waals surface area contributed by atoms with Gasteiger partial charge in [-0.25, -0.2) is 4.79 Å². The molecule has 0 unspecified atom stereocenters. The number of fused-ring (bicyclic) bond motifs is 1. The molecule has 0 saturated carbocycles. The summed E-state index contributed by atoms with van der Waals surface area (Å²) in [6.45, 7) is 13.4. The fraction of sp³-hybridized carbons (Fsp3) is 0.444. The first-order valence-corrected chi connectivity index (χ1v) is 10.9. The molecule has 0 radical (unpaired) electrons. The van der Waals surface area contributed by atoms with Gasteiger partial charge in [-0.3, -0.25) is 0 Å². The topological polar surface area (TPSA) is 44.8 Å². The van der Waals surface area contributed by atoms with Crippen LogP contribution >= 0.6 is 0 Å². The molecule has 0 atom stereocenters. The lowest BCUT2D eigenvalue weighted by Gasteiger charge is -2.42. The Morgan fingerprint density at radius 2 is 1.58 bits per heavy atom. The summed E-state index contributed by atoms with van der Waals surface area (Å²) in [4.78, 5) is 11.5. The first-order chi connectivity index (χ1) is 14.6. The molecule has 0 fully saturated rings. The molecule has 2 aromatic rings. The molecule has 31 heavy (non-hydrogen) atoms. The average molecular weight is 423 g/mol. The molecule has 0 heterocycles. The van der Waals surface area contributed by atoms with Gasteiger partial charge in [-0.1, -0.05) is 45.9 Å². The van der Waals surface area contributed by atoms with Crippen LogP contribution in [0.1, 0.15) is 76.6 Å². The van der Waals surface area contributed by atoms with Crippen molar-refractivity contribution in [1.82, 2.24) is 0 Å². The highest BCUT2D eigenvalue weighted by atomic mass is 16.7. The minimum Gasteiger partial charge on any atom is -0.496 e. The van der Waals surface area contributed by atoms with E-state index in [1.165, 1.54) is 24.0 Å². The molecule has 3 rings (SSSR count). The van der Waals surface area contributed by atoms with E-state index < -0.39 is 6.16 Å². The number of hydrogen-bond acceptors (Lipinski definition) is 4. The van der Waals surface area contributed by atoms with Crippen LogP contribution in [0.4, 0.5) is 4.79 Å². The second-order valence-corrected chi connectivity index (χ2v) is 9.55. The second-order valence-electron chi connectivity index (χ2n) is 9.55. The van der Waals surface area contributed by atoms with E-state index in [0.717, 1.165) is 22.4 Å². The van der Waals surface area contributed by atoms with Gasteiger partial charge in [0.25, 0.3) is 0 Å². The van der Waals surface area contributed by atoms with Crippen molar-refractivity contribution >= 4 is 17.8 Å². The number of ether oxygens (including phenoxy) is 3. The number of hydrogen-bond donors (Lipinski definition) is 0. The Morgan fingerprint density at radius 3 is 2.13 bits per heavy atom. The van der Waals surface area contributed by atoms with Crippen molar-refractivity contribution in [2.45, 2.75) is 65.2 Å². The third-order valence-corrected chi connectivity index (χ3v) is 6.32. The molecule has 4 nitrogen and oxygen atoms in total. The van der Waals surface area contributed by atoms with Crippen molar-refractivity contribution in [1.29, 1.82) is 0 Å². The largest absolute Gasteiger partial charge is 0.513 e. The Bertz CT molecular complexity index is 981. The van der Waals surface area contributed by atoms with E-state index in [2.05, 4.69) is 52.8 Å². The summed E-state index contributed by atoms with van der Waals surface area (Å²) in [6, 6.07) is 11.9. The molecule has 4 heteroatoms. The van der Waals surface area contributed by atoms with Gasteiger partial charge in [0.1, 0.15) is 11.5 Å². The molecule has 0 bridgehead atoms. The zero-order valence-electron chi connectivity index (χ0n) is 19.8. The van der Waals surface area contributed by atoms with E-state index in [4.69, 9.17) is 14.2 Å². The molecule has 0 N–H and O–H groups in total. The summed E-state index contributed by atoms with van der Waals surface area (Å²) in [6.07, 6.45) is 3.78. The van der Waals surface area contributed by atoms with Gasteiger partial charge in [0.15, 0.2) is 0 Å². The Kier molecular flexibility index (Phi) is 6.49. The molecule has 0 aromatic heterocycles. The van der Waals surface area contributed by atoms with Crippen molar-refractivity contribution in [2.24, 2.45) is 0 Å². The van der Waals surface area contributed by atoms with Crippen molar-refractivity contribution in [3.05, 3.63) is 58.7 Å². The first-order valence-electron chi connectivity index (χ1n) is 10.9. The second kappa shape index (κ2) is 8.78. The van der Waals surface area contributed by atoms with Crippen LogP contribution in [-0.2, 0) is 15.6 Å². The number of allylic oxidation sites excluding steroid dienone is 1. The monoisotopic (exact) mass is 422 g/mol. The van der Waals surface area contributed by atoms with Gasteiger partial charge in [0.2, 0.25) is 0 Å². The molecular weight excluding hydrogens is 388 g/mol. The lowest BCUT2D eigenvalue weighted by Crippen LogP contribution is -2.34. The summed E-state index contributed by atoms with van der Waals surface area (Å²) in [5.74, 6) is 1.36. The van der Waals surface area contributed by atoms with Gasteiger partial charge in [0.05, 0.1) is 13.7 Å². The van der Waals surface area contributed by atoms with Crippen LogP contribution in [0, 0.1) is 0 Å². The fourth-order valence-electron chi connectivity index (χ4n) is 4.27. The maximum Gasteiger partial charge on any atom is 0.513 e. The van der Waals surface area contributed by atoms with Crippen LogP contribution in [0.5, 0.6) is 11.5 Å². The smallest absolute Gasteiger partial charge is 0.496 e. The van der Waals surface area contributed by atoms with Crippen LogP contribution in [0.3, 0.4) is 0 Å². The number of carbonyl (C=O) groups is 1. The maximum absolute atomic E-state index is 11.5. The number of carbonyl (C=O) groups excluding carboxylic acids is 1. The Labute approximate surface area is 186 Å². The molecule has 166 valence electrons. The SMILES string of the molecule is CCOC(=O)Oc1ccc(/C=C(\C)c2cc3c(cc2OC)C(C)(C)CCC3(C)C)cc1. The zero-order valence-corrected chi connectivity index (χ0v) is 19.8. The molecule has 0 amide bonds. The normalized spacial score (nSPS) is 16.9. The highest BCUT2D eigenvalue weighted by molar-refractivity contribution is 5.83. The van der Waals surface area contributed by atoms with Crippen LogP contribution in [0.25, 0.3) is 11.6 Å². The van der Waals surface area contributed by atoms with Gasteiger partial charge in [-0.2, -0.15) is 0 Å². The van der Waals surface area contributed by atoms with Crippen molar-refractivity contribution in [3.63, 3.8) is 0 Å². The van der Waals surface area contributed by atoms with Crippen molar-refractivity contribution in [2.75, 3.05) is 13.7 Å². The molecule has 1 aliphatic carbocycles. The fourth-order valence-corrected chi connectivity index (χ4v) is 4.27. The van der Waals surface area contributed by atoms with Crippen LogP contribution < -0.4 is 9.47 Å². The summed E-state index contributed by atoms with van der Waals surface area (Å²) in [7, 11) is 1.74. The van der Waals surface area contributed by atoms with Crippen molar-refractivity contribution < 1.29 is 19.0 Å². The lowest BCUT2D eigenvalue weighted by atomic mass is 9.62. The van der Waals surface area contributed by atoms with Crippen LogP contribution in [0.2, 0.25) is 0 Å². The van der Waals surface area contributed by atoms with Gasteiger partial charge in [-0.05, 0) is 84.0 Å². The Morgan fingerprint density at radius 1 is 1.00 bits per heavy atom. The Balaban J connectivity index is 1.95. The summed E-state index contributed by atoms with van der Waals surface area (Å²) in [5, 5.41) is 0. The summed E-state index contributed by atoms with van der Waals surface area (Å²) < 4.78 is 15.8. The molecule has 1 aliphatic rings. The lowest BCUT2D eigenvalue weighted by molar-refractivity contribution is 0.104. The minimum absolute atomic E-state index is 0.137. The number of rotatable bonds is 5. The van der Waals surface area contributed by atoms with Gasteiger partial charge in [0, 0.05) is 5.56 Å². The van der Waals surface area contributed by atoms with E-state index >= 15 is 0 Å². The highest BCUT2D eigenvalue weighted by Gasteiger charge is 2.38. The first kappa shape index (κ1) is 22.9. The molecule has 0 spiro atoms. The third kappa shape index (κ3) is 4.95.